The Labute approximate surface area is 133 Å². The van der Waals surface area contributed by atoms with Crippen molar-refractivity contribution in [3.8, 4) is 0 Å². The summed E-state index contributed by atoms with van der Waals surface area (Å²) in [5.41, 5.74) is -0.627. The molecule has 0 bridgehead atoms. The zero-order valence-electron chi connectivity index (χ0n) is 12.2. The van der Waals surface area contributed by atoms with Gasteiger partial charge in [-0.25, -0.2) is 21.1 Å². The summed E-state index contributed by atoms with van der Waals surface area (Å²) in [5, 5.41) is -0.732. The number of benzene rings is 1. The lowest BCUT2D eigenvalue weighted by Crippen LogP contribution is -2.32. The van der Waals surface area contributed by atoms with Gasteiger partial charge in [0.15, 0.2) is 9.84 Å². The van der Waals surface area contributed by atoms with Gasteiger partial charge < -0.3 is 0 Å². The van der Waals surface area contributed by atoms with Gasteiger partial charge in [-0.2, -0.15) is 13.2 Å². The molecule has 0 saturated carbocycles. The molecule has 0 amide bonds. The Morgan fingerprint density at radius 1 is 1.13 bits per heavy atom. The van der Waals surface area contributed by atoms with Crippen molar-refractivity contribution in [2.45, 2.75) is 23.6 Å². The van der Waals surface area contributed by atoms with Crippen LogP contribution in [-0.4, -0.2) is 45.7 Å². The van der Waals surface area contributed by atoms with Gasteiger partial charge in [0.05, 0.1) is 16.6 Å². The lowest BCUT2D eigenvalue weighted by atomic mass is 10.1. The highest BCUT2D eigenvalue weighted by Crippen LogP contribution is 2.29. The summed E-state index contributed by atoms with van der Waals surface area (Å²) in [4.78, 5) is 0. The molecular formula is C13H16F3NO4S2. The molecule has 0 spiro atoms. The third-order valence-electron chi connectivity index (χ3n) is 3.74. The highest BCUT2D eigenvalue weighted by Gasteiger charge is 2.36. The fraction of sp³-hybridized carbons (Fsp3) is 0.538. The molecule has 1 aromatic rings. The van der Waals surface area contributed by atoms with Crippen LogP contribution in [0.4, 0.5) is 13.2 Å². The van der Waals surface area contributed by atoms with E-state index < -0.39 is 42.6 Å². The molecule has 1 fully saturated rings. The molecule has 1 aromatic carbocycles. The highest BCUT2D eigenvalue weighted by atomic mass is 32.2. The topological polar surface area (TPSA) is 71.5 Å². The van der Waals surface area contributed by atoms with Crippen molar-refractivity contribution >= 4 is 19.9 Å². The number of sulfone groups is 1. The monoisotopic (exact) mass is 371 g/mol. The fourth-order valence-corrected chi connectivity index (χ4v) is 5.06. The maximum absolute atomic E-state index is 12.5. The smallest absolute Gasteiger partial charge is 0.229 e. The maximum Gasteiger partial charge on any atom is 0.416 e. The number of rotatable bonds is 4. The standard InChI is InChI=1S/C13H16F3NO4S2/c1-22(18,19)12-6-7-17(8-12)23(20,21)9-10-2-4-11(5-3-10)13(14,15)16/h2-5,12H,6-9H2,1H3. The van der Waals surface area contributed by atoms with Crippen molar-refractivity contribution in [3.05, 3.63) is 35.4 Å². The van der Waals surface area contributed by atoms with Crippen LogP contribution in [0.25, 0.3) is 0 Å². The summed E-state index contributed by atoms with van der Waals surface area (Å²) in [6.45, 7) is -0.0114. The van der Waals surface area contributed by atoms with E-state index in [1.165, 1.54) is 0 Å². The summed E-state index contributed by atoms with van der Waals surface area (Å²) >= 11 is 0. The highest BCUT2D eigenvalue weighted by molar-refractivity contribution is 7.91. The molecular weight excluding hydrogens is 355 g/mol. The minimum absolute atomic E-state index is 0.0979. The van der Waals surface area contributed by atoms with Crippen molar-refractivity contribution in [1.29, 1.82) is 0 Å². The van der Waals surface area contributed by atoms with Crippen molar-refractivity contribution in [2.24, 2.45) is 0 Å². The van der Waals surface area contributed by atoms with Crippen LogP contribution >= 0.6 is 0 Å². The van der Waals surface area contributed by atoms with Crippen LogP contribution in [-0.2, 0) is 31.8 Å². The molecule has 1 heterocycles. The van der Waals surface area contributed by atoms with Gasteiger partial charge in [-0.15, -0.1) is 0 Å². The lowest BCUT2D eigenvalue weighted by Gasteiger charge is -2.16. The van der Waals surface area contributed by atoms with Gasteiger partial charge in [0, 0.05) is 19.3 Å². The van der Waals surface area contributed by atoms with Gasteiger partial charge in [-0.1, -0.05) is 12.1 Å². The number of halogens is 3. The van der Waals surface area contributed by atoms with Gasteiger partial charge in [-0.3, -0.25) is 0 Å². The minimum Gasteiger partial charge on any atom is -0.229 e. The van der Waals surface area contributed by atoms with Crippen LogP contribution in [0.3, 0.4) is 0 Å². The van der Waals surface area contributed by atoms with E-state index in [9.17, 15) is 30.0 Å². The number of nitrogens with zero attached hydrogens (tertiary/aromatic N) is 1. The van der Waals surface area contributed by atoms with Crippen molar-refractivity contribution in [2.75, 3.05) is 19.3 Å². The van der Waals surface area contributed by atoms with E-state index >= 15 is 0 Å². The normalized spacial score (nSPS) is 20.8. The largest absolute Gasteiger partial charge is 0.416 e. The number of alkyl halides is 3. The third-order valence-corrected chi connectivity index (χ3v) is 7.15. The van der Waals surface area contributed by atoms with Crippen LogP contribution in [0.2, 0.25) is 0 Å². The van der Waals surface area contributed by atoms with E-state index in [1.807, 2.05) is 0 Å². The summed E-state index contributed by atoms with van der Waals surface area (Å²) in [7, 11) is -7.09. The third kappa shape index (κ3) is 4.45. The molecule has 130 valence electrons. The molecule has 0 N–H and O–H groups in total. The first-order chi connectivity index (χ1) is 10.4. The first-order valence-electron chi connectivity index (χ1n) is 6.72. The molecule has 0 aromatic heterocycles. The average Bonchev–Trinajstić information content (AvgIpc) is 2.88. The van der Waals surface area contributed by atoms with Crippen LogP contribution in [0.15, 0.2) is 24.3 Å². The molecule has 10 heteroatoms. The van der Waals surface area contributed by atoms with E-state index in [0.717, 1.165) is 34.8 Å². The second kappa shape index (κ2) is 6.06. The van der Waals surface area contributed by atoms with Gasteiger partial charge in [0.1, 0.15) is 0 Å². The van der Waals surface area contributed by atoms with Crippen LogP contribution in [0, 0.1) is 0 Å². The molecule has 0 aliphatic carbocycles. The zero-order chi connectivity index (χ0) is 17.5. The molecule has 5 nitrogen and oxygen atoms in total. The summed E-state index contributed by atoms with van der Waals surface area (Å²) in [6, 6.07) is 3.89. The molecule has 2 rings (SSSR count). The summed E-state index contributed by atoms with van der Waals surface area (Å²) in [5.74, 6) is -0.457. The van der Waals surface area contributed by atoms with E-state index in [0.29, 0.717) is 0 Å². The van der Waals surface area contributed by atoms with Gasteiger partial charge in [-0.05, 0) is 24.1 Å². The second-order valence-corrected chi connectivity index (χ2v) is 9.84. The summed E-state index contributed by atoms with van der Waals surface area (Å²) in [6.07, 6.45) is -3.19. The van der Waals surface area contributed by atoms with Crippen LogP contribution < -0.4 is 0 Å². The maximum atomic E-state index is 12.5. The van der Waals surface area contributed by atoms with Gasteiger partial charge >= 0.3 is 6.18 Å². The zero-order valence-corrected chi connectivity index (χ0v) is 13.9. The van der Waals surface area contributed by atoms with E-state index in [2.05, 4.69) is 0 Å². The molecule has 0 radical (unpaired) electrons. The predicted molar refractivity (Wildman–Crippen MR) is 78.9 cm³/mol. The SMILES string of the molecule is CS(=O)(=O)C1CCN(S(=O)(=O)Cc2ccc(C(F)(F)F)cc2)C1. The van der Waals surface area contributed by atoms with Crippen molar-refractivity contribution in [3.63, 3.8) is 0 Å². The number of hydrogen-bond acceptors (Lipinski definition) is 4. The quantitative estimate of drug-likeness (QED) is 0.807. The van der Waals surface area contributed by atoms with Crippen molar-refractivity contribution in [1.82, 2.24) is 4.31 Å². The molecule has 1 aliphatic heterocycles. The summed E-state index contributed by atoms with van der Waals surface area (Å²) < 4.78 is 86.0. The number of hydrogen-bond donors (Lipinski definition) is 0. The lowest BCUT2D eigenvalue weighted by molar-refractivity contribution is -0.137. The first-order valence-corrected chi connectivity index (χ1v) is 10.3. The average molecular weight is 371 g/mol. The fourth-order valence-electron chi connectivity index (χ4n) is 2.39. The minimum atomic E-state index is -4.48. The van der Waals surface area contributed by atoms with Gasteiger partial charge in [0.2, 0.25) is 10.0 Å². The molecule has 1 saturated heterocycles. The molecule has 1 atom stereocenters. The molecule has 23 heavy (non-hydrogen) atoms. The Morgan fingerprint density at radius 2 is 1.70 bits per heavy atom. The van der Waals surface area contributed by atoms with E-state index in [-0.39, 0.29) is 25.1 Å². The molecule has 1 unspecified atom stereocenters. The van der Waals surface area contributed by atoms with E-state index in [1.54, 1.807) is 0 Å². The Bertz CT molecular complexity index is 770. The molecule has 1 aliphatic rings. The van der Waals surface area contributed by atoms with Crippen LogP contribution in [0.1, 0.15) is 17.5 Å². The Balaban J connectivity index is 2.10. The Kier molecular flexibility index (Phi) is 4.80. The van der Waals surface area contributed by atoms with Crippen LogP contribution in [0.5, 0.6) is 0 Å². The van der Waals surface area contributed by atoms with E-state index in [4.69, 9.17) is 0 Å². The number of sulfonamides is 1. The Morgan fingerprint density at radius 3 is 2.13 bits per heavy atom. The van der Waals surface area contributed by atoms with Gasteiger partial charge in [0.25, 0.3) is 0 Å². The second-order valence-electron chi connectivity index (χ2n) is 5.55. The Hall–Kier alpha value is -1.13. The van der Waals surface area contributed by atoms with Crippen molar-refractivity contribution < 1.29 is 30.0 Å². The predicted octanol–water partition coefficient (Wildman–Crippen LogP) is 1.65. The first kappa shape index (κ1) is 18.2.